The third-order valence-corrected chi connectivity index (χ3v) is 4.17. The molecule has 4 nitrogen and oxygen atoms in total. The van der Waals surface area contributed by atoms with E-state index >= 15 is 0 Å². The number of ether oxygens (including phenoxy) is 1. The van der Waals surface area contributed by atoms with Gasteiger partial charge in [0.15, 0.2) is 0 Å². The zero-order valence-corrected chi connectivity index (χ0v) is 10.9. The monoisotopic (exact) mass is 245 g/mol. The van der Waals surface area contributed by atoms with Crippen molar-refractivity contribution in [3.63, 3.8) is 0 Å². The summed E-state index contributed by atoms with van der Waals surface area (Å²) in [5.41, 5.74) is 8.03. The van der Waals surface area contributed by atoms with Gasteiger partial charge in [-0.15, -0.1) is 0 Å². The molecular formula is C14H19N3O. The van der Waals surface area contributed by atoms with Gasteiger partial charge in [0, 0.05) is 6.04 Å². The first-order valence-corrected chi connectivity index (χ1v) is 6.52. The number of hydrogen-bond acceptors (Lipinski definition) is 3. The molecule has 1 aliphatic rings. The Balaban J connectivity index is 2.13. The van der Waals surface area contributed by atoms with E-state index in [-0.39, 0.29) is 0 Å². The molecule has 1 aromatic heterocycles. The normalized spacial score (nSPS) is 17.7. The average molecular weight is 245 g/mol. The van der Waals surface area contributed by atoms with Crippen LogP contribution in [0.1, 0.15) is 32.2 Å². The summed E-state index contributed by atoms with van der Waals surface area (Å²) in [5, 5.41) is 0. The summed E-state index contributed by atoms with van der Waals surface area (Å²) in [6.07, 6.45) is 3.93. The lowest BCUT2D eigenvalue weighted by Crippen LogP contribution is -2.23. The highest BCUT2D eigenvalue weighted by molar-refractivity contribution is 5.84. The summed E-state index contributed by atoms with van der Waals surface area (Å²) in [6, 6.07) is 6.39. The molecule has 0 amide bonds. The second-order valence-corrected chi connectivity index (χ2v) is 5.10. The maximum atomic E-state index is 6.09. The summed E-state index contributed by atoms with van der Waals surface area (Å²) in [7, 11) is 1.67. The van der Waals surface area contributed by atoms with Crippen molar-refractivity contribution in [1.29, 1.82) is 0 Å². The van der Waals surface area contributed by atoms with Crippen LogP contribution < -0.4 is 10.5 Å². The molecule has 2 N–H and O–H groups in total. The van der Waals surface area contributed by atoms with E-state index < -0.39 is 0 Å². The molecule has 1 aliphatic carbocycles. The molecule has 1 heterocycles. The van der Waals surface area contributed by atoms with Crippen LogP contribution in [0, 0.1) is 5.92 Å². The number of anilines is 1. The standard InChI is InChI=1S/C14H19N3O/c1-9(10-5-3-6-10)17-11-7-4-8-12(18-2)13(11)16-14(17)15/h4,7-10H,3,5-6H2,1-2H3,(H2,15,16). The lowest BCUT2D eigenvalue weighted by atomic mass is 9.80. The molecule has 2 aromatic rings. The van der Waals surface area contributed by atoms with E-state index in [9.17, 15) is 0 Å². The predicted molar refractivity (Wildman–Crippen MR) is 72.7 cm³/mol. The molecule has 1 aromatic carbocycles. The largest absolute Gasteiger partial charge is 0.494 e. The zero-order chi connectivity index (χ0) is 12.7. The second kappa shape index (κ2) is 4.19. The van der Waals surface area contributed by atoms with E-state index in [4.69, 9.17) is 10.5 Å². The number of benzene rings is 1. The van der Waals surface area contributed by atoms with E-state index in [0.29, 0.717) is 12.0 Å². The second-order valence-electron chi connectivity index (χ2n) is 5.10. The van der Waals surface area contributed by atoms with Gasteiger partial charge in [0.2, 0.25) is 5.95 Å². The number of rotatable bonds is 3. The van der Waals surface area contributed by atoms with E-state index in [1.165, 1.54) is 19.3 Å². The Labute approximate surface area is 107 Å². The molecule has 1 atom stereocenters. The number of imidazole rings is 1. The molecule has 4 heteroatoms. The van der Waals surface area contributed by atoms with Gasteiger partial charge in [-0.3, -0.25) is 0 Å². The molecule has 18 heavy (non-hydrogen) atoms. The predicted octanol–water partition coefficient (Wildman–Crippen LogP) is 2.99. The van der Waals surface area contributed by atoms with Gasteiger partial charge in [-0.1, -0.05) is 12.5 Å². The smallest absolute Gasteiger partial charge is 0.201 e. The Morgan fingerprint density at radius 1 is 1.44 bits per heavy atom. The maximum absolute atomic E-state index is 6.09. The first-order valence-electron chi connectivity index (χ1n) is 6.52. The Kier molecular flexibility index (Phi) is 2.65. The maximum Gasteiger partial charge on any atom is 0.201 e. The van der Waals surface area contributed by atoms with Gasteiger partial charge in [-0.2, -0.15) is 0 Å². The van der Waals surface area contributed by atoms with Crippen LogP contribution in [0.4, 0.5) is 5.95 Å². The van der Waals surface area contributed by atoms with Crippen LogP contribution in [0.25, 0.3) is 11.0 Å². The van der Waals surface area contributed by atoms with E-state index in [0.717, 1.165) is 22.7 Å². The summed E-state index contributed by atoms with van der Waals surface area (Å²) in [5.74, 6) is 2.11. The van der Waals surface area contributed by atoms with E-state index in [1.807, 2.05) is 12.1 Å². The van der Waals surface area contributed by atoms with Crippen LogP contribution >= 0.6 is 0 Å². The summed E-state index contributed by atoms with van der Waals surface area (Å²) < 4.78 is 7.50. The van der Waals surface area contributed by atoms with Crippen LogP contribution in [-0.2, 0) is 0 Å². The molecule has 96 valence electrons. The van der Waals surface area contributed by atoms with Crippen molar-refractivity contribution in [3.8, 4) is 5.75 Å². The van der Waals surface area contributed by atoms with Crippen molar-refractivity contribution in [1.82, 2.24) is 9.55 Å². The van der Waals surface area contributed by atoms with Gasteiger partial charge in [0.1, 0.15) is 11.3 Å². The van der Waals surface area contributed by atoms with Gasteiger partial charge in [-0.05, 0) is 37.8 Å². The molecule has 1 saturated carbocycles. The molecule has 0 saturated heterocycles. The molecule has 0 radical (unpaired) electrons. The van der Waals surface area contributed by atoms with Gasteiger partial charge < -0.3 is 15.0 Å². The quantitative estimate of drug-likeness (QED) is 0.904. The summed E-state index contributed by atoms with van der Waals surface area (Å²) in [6.45, 7) is 2.24. The van der Waals surface area contributed by atoms with Crippen LogP contribution in [0.15, 0.2) is 18.2 Å². The Morgan fingerprint density at radius 2 is 2.22 bits per heavy atom. The first-order chi connectivity index (χ1) is 8.72. The number of aromatic nitrogens is 2. The fourth-order valence-corrected chi connectivity index (χ4v) is 2.84. The number of nitrogens with zero attached hydrogens (tertiary/aromatic N) is 2. The lowest BCUT2D eigenvalue weighted by Gasteiger charge is -2.33. The minimum Gasteiger partial charge on any atom is -0.494 e. The molecular weight excluding hydrogens is 226 g/mol. The topological polar surface area (TPSA) is 53.1 Å². The fourth-order valence-electron chi connectivity index (χ4n) is 2.84. The van der Waals surface area contributed by atoms with Crippen LogP contribution in [0.2, 0.25) is 0 Å². The Morgan fingerprint density at radius 3 is 2.83 bits per heavy atom. The minimum absolute atomic E-state index is 0.413. The Bertz CT molecular complexity index is 572. The number of para-hydroxylation sites is 1. The molecule has 0 spiro atoms. The number of nitrogens with two attached hydrogens (primary N) is 1. The summed E-state index contributed by atoms with van der Waals surface area (Å²) in [4.78, 5) is 4.46. The first kappa shape index (κ1) is 11.4. The van der Waals surface area contributed by atoms with Gasteiger partial charge in [-0.25, -0.2) is 4.98 Å². The molecule has 0 aliphatic heterocycles. The Hall–Kier alpha value is -1.71. The molecule has 1 unspecified atom stereocenters. The SMILES string of the molecule is COc1cccc2c1nc(N)n2C(C)C1CCC1. The highest BCUT2D eigenvalue weighted by Crippen LogP contribution is 2.39. The average Bonchev–Trinajstić information content (AvgIpc) is 2.62. The highest BCUT2D eigenvalue weighted by Gasteiger charge is 2.27. The van der Waals surface area contributed by atoms with Crippen molar-refractivity contribution >= 4 is 17.0 Å². The van der Waals surface area contributed by atoms with E-state index in [2.05, 4.69) is 22.5 Å². The fraction of sp³-hybridized carbons (Fsp3) is 0.500. The number of nitrogen functional groups attached to an aromatic ring is 1. The van der Waals surface area contributed by atoms with Crippen LogP contribution in [-0.4, -0.2) is 16.7 Å². The summed E-state index contributed by atoms with van der Waals surface area (Å²) >= 11 is 0. The van der Waals surface area contributed by atoms with Crippen molar-refractivity contribution in [3.05, 3.63) is 18.2 Å². The number of hydrogen-bond donors (Lipinski definition) is 1. The van der Waals surface area contributed by atoms with Crippen molar-refractivity contribution in [2.45, 2.75) is 32.2 Å². The molecule has 3 rings (SSSR count). The highest BCUT2D eigenvalue weighted by atomic mass is 16.5. The van der Waals surface area contributed by atoms with Gasteiger partial charge in [0.25, 0.3) is 0 Å². The molecule has 0 bridgehead atoms. The third kappa shape index (κ3) is 1.55. The third-order valence-electron chi connectivity index (χ3n) is 4.17. The van der Waals surface area contributed by atoms with Crippen molar-refractivity contribution in [2.24, 2.45) is 5.92 Å². The lowest BCUT2D eigenvalue weighted by molar-refractivity contribution is 0.227. The number of methoxy groups -OCH3 is 1. The van der Waals surface area contributed by atoms with Crippen LogP contribution in [0.3, 0.4) is 0 Å². The number of fused-ring (bicyclic) bond motifs is 1. The zero-order valence-electron chi connectivity index (χ0n) is 10.9. The molecule has 1 fully saturated rings. The van der Waals surface area contributed by atoms with Crippen molar-refractivity contribution < 1.29 is 4.74 Å². The van der Waals surface area contributed by atoms with Crippen LogP contribution in [0.5, 0.6) is 5.75 Å². The van der Waals surface area contributed by atoms with Gasteiger partial charge in [0.05, 0.1) is 12.6 Å². The van der Waals surface area contributed by atoms with Crippen molar-refractivity contribution in [2.75, 3.05) is 12.8 Å². The minimum atomic E-state index is 0.413. The van der Waals surface area contributed by atoms with Gasteiger partial charge >= 0.3 is 0 Å². The van der Waals surface area contributed by atoms with E-state index in [1.54, 1.807) is 7.11 Å².